The van der Waals surface area contributed by atoms with Crippen LogP contribution in [-0.2, 0) is 11.3 Å². The lowest BCUT2D eigenvalue weighted by Gasteiger charge is -2.30. The third kappa shape index (κ3) is 3.36. The highest BCUT2D eigenvalue weighted by Crippen LogP contribution is 2.35. The Kier molecular flexibility index (Phi) is 4.73. The average Bonchev–Trinajstić information content (AvgIpc) is 3.17. The molecule has 0 spiro atoms. The van der Waals surface area contributed by atoms with Crippen molar-refractivity contribution in [3.8, 4) is 0 Å². The summed E-state index contributed by atoms with van der Waals surface area (Å²) in [6.07, 6.45) is 7.16. The Morgan fingerprint density at radius 3 is 2.73 bits per heavy atom. The van der Waals surface area contributed by atoms with Gasteiger partial charge in [0.2, 0.25) is 11.9 Å². The molecule has 0 unspecified atom stereocenters. The highest BCUT2D eigenvalue weighted by atomic mass is 16.2. The van der Waals surface area contributed by atoms with E-state index in [1.165, 1.54) is 31.2 Å². The minimum atomic E-state index is 0.125. The van der Waals surface area contributed by atoms with Gasteiger partial charge in [-0.2, -0.15) is 4.98 Å². The molecule has 1 aliphatic carbocycles. The molecule has 2 heterocycles. The number of hydrogen-bond donors (Lipinski definition) is 1. The number of hydrogen-bond acceptors (Lipinski definition) is 5. The summed E-state index contributed by atoms with van der Waals surface area (Å²) in [5.74, 6) is 1.62. The molecule has 26 heavy (non-hydrogen) atoms. The lowest BCUT2D eigenvalue weighted by atomic mass is 10.2. The van der Waals surface area contributed by atoms with Crippen LogP contribution in [0, 0.1) is 0 Å². The van der Waals surface area contributed by atoms with Gasteiger partial charge in [0, 0.05) is 32.6 Å². The second-order valence-electron chi connectivity index (χ2n) is 7.08. The molecular formula is C20H25N5O. The van der Waals surface area contributed by atoms with E-state index in [0.29, 0.717) is 25.0 Å². The minimum Gasteiger partial charge on any atom is -0.351 e. The van der Waals surface area contributed by atoms with E-state index >= 15 is 0 Å². The lowest BCUT2D eigenvalue weighted by molar-refractivity contribution is -0.118. The molecule has 1 aromatic heterocycles. The Morgan fingerprint density at radius 2 is 1.96 bits per heavy atom. The first-order valence-electron chi connectivity index (χ1n) is 9.40. The normalized spacial score (nSPS) is 18.0. The predicted octanol–water partition coefficient (Wildman–Crippen LogP) is 3.20. The Labute approximate surface area is 154 Å². The highest BCUT2D eigenvalue weighted by Gasteiger charge is 2.31. The number of benzene rings is 1. The second-order valence-corrected chi connectivity index (χ2v) is 7.08. The highest BCUT2D eigenvalue weighted by molar-refractivity contribution is 5.97. The van der Waals surface area contributed by atoms with Crippen molar-refractivity contribution in [3.05, 3.63) is 42.1 Å². The van der Waals surface area contributed by atoms with Gasteiger partial charge < -0.3 is 15.1 Å². The zero-order chi connectivity index (χ0) is 17.9. The van der Waals surface area contributed by atoms with E-state index in [4.69, 9.17) is 4.98 Å². The van der Waals surface area contributed by atoms with Crippen LogP contribution >= 0.6 is 0 Å². The van der Waals surface area contributed by atoms with Gasteiger partial charge in [0.25, 0.3) is 0 Å². The number of nitrogens with one attached hydrogen (secondary N) is 1. The van der Waals surface area contributed by atoms with Crippen LogP contribution in [0.25, 0.3) is 0 Å². The molecule has 2 aliphatic rings. The third-order valence-corrected chi connectivity index (χ3v) is 5.38. The number of fused-ring (bicyclic) bond motifs is 1. The van der Waals surface area contributed by atoms with Crippen LogP contribution in [0.4, 0.5) is 17.5 Å². The molecule has 6 nitrogen and oxygen atoms in total. The van der Waals surface area contributed by atoms with Crippen molar-refractivity contribution in [2.45, 2.75) is 44.7 Å². The Morgan fingerprint density at radius 1 is 1.19 bits per heavy atom. The van der Waals surface area contributed by atoms with Crippen molar-refractivity contribution in [1.29, 1.82) is 0 Å². The van der Waals surface area contributed by atoms with Crippen molar-refractivity contribution >= 4 is 23.4 Å². The molecule has 2 aromatic rings. The zero-order valence-corrected chi connectivity index (χ0v) is 15.2. The third-order valence-electron chi connectivity index (χ3n) is 5.38. The standard InChI is InChI=1S/C20H25N5O/c1-24-17-14-22-20(21-13-15-7-3-2-4-8-15)23-19(17)25(12-11-18(24)26)16-9-5-6-10-16/h2-4,7-8,14,16H,5-6,9-13H2,1H3,(H,21,22,23). The van der Waals surface area contributed by atoms with Crippen LogP contribution in [0.1, 0.15) is 37.7 Å². The van der Waals surface area contributed by atoms with Crippen molar-refractivity contribution in [2.24, 2.45) is 0 Å². The fourth-order valence-electron chi connectivity index (χ4n) is 3.87. The van der Waals surface area contributed by atoms with E-state index in [0.717, 1.165) is 18.1 Å². The van der Waals surface area contributed by atoms with Gasteiger partial charge in [-0.05, 0) is 18.4 Å². The molecule has 0 atom stereocenters. The SMILES string of the molecule is CN1C(=O)CCN(C2CCCC2)c2nc(NCc3ccccc3)ncc21. The van der Waals surface area contributed by atoms with Crippen LogP contribution < -0.4 is 15.1 Å². The molecule has 1 N–H and O–H groups in total. The van der Waals surface area contributed by atoms with E-state index in [-0.39, 0.29) is 5.91 Å². The maximum atomic E-state index is 12.4. The summed E-state index contributed by atoms with van der Waals surface area (Å²) in [6.45, 7) is 1.41. The maximum Gasteiger partial charge on any atom is 0.228 e. The fraction of sp³-hybridized carbons (Fsp3) is 0.450. The van der Waals surface area contributed by atoms with Crippen LogP contribution in [0.2, 0.25) is 0 Å². The molecule has 1 fully saturated rings. The summed E-state index contributed by atoms with van der Waals surface area (Å²) in [5, 5.41) is 3.32. The number of rotatable bonds is 4. The number of nitrogens with zero attached hydrogens (tertiary/aromatic N) is 4. The predicted molar refractivity (Wildman–Crippen MR) is 103 cm³/mol. The average molecular weight is 351 g/mol. The summed E-state index contributed by atoms with van der Waals surface area (Å²) in [4.78, 5) is 25.7. The molecule has 1 aliphatic heterocycles. The Balaban J connectivity index is 1.62. The molecular weight excluding hydrogens is 326 g/mol. The molecule has 0 bridgehead atoms. The number of anilines is 3. The summed E-state index contributed by atoms with van der Waals surface area (Å²) >= 11 is 0. The summed E-state index contributed by atoms with van der Waals surface area (Å²) in [6, 6.07) is 10.7. The quantitative estimate of drug-likeness (QED) is 0.916. The largest absolute Gasteiger partial charge is 0.351 e. The van der Waals surface area contributed by atoms with Crippen molar-refractivity contribution < 1.29 is 4.79 Å². The van der Waals surface area contributed by atoms with Gasteiger partial charge in [-0.3, -0.25) is 4.79 Å². The molecule has 1 aromatic carbocycles. The lowest BCUT2D eigenvalue weighted by Crippen LogP contribution is -2.34. The maximum absolute atomic E-state index is 12.4. The smallest absolute Gasteiger partial charge is 0.228 e. The van der Waals surface area contributed by atoms with Crippen LogP contribution in [0.5, 0.6) is 0 Å². The Bertz CT molecular complexity index is 773. The van der Waals surface area contributed by atoms with Gasteiger partial charge in [0.15, 0.2) is 5.82 Å². The van der Waals surface area contributed by atoms with E-state index in [9.17, 15) is 4.79 Å². The first kappa shape index (κ1) is 16.8. The molecule has 1 saturated carbocycles. The van der Waals surface area contributed by atoms with E-state index in [2.05, 4.69) is 27.3 Å². The van der Waals surface area contributed by atoms with Gasteiger partial charge >= 0.3 is 0 Å². The van der Waals surface area contributed by atoms with Crippen LogP contribution in [0.15, 0.2) is 36.5 Å². The molecule has 136 valence electrons. The van der Waals surface area contributed by atoms with E-state index < -0.39 is 0 Å². The van der Waals surface area contributed by atoms with Crippen molar-refractivity contribution in [2.75, 3.05) is 28.7 Å². The first-order valence-corrected chi connectivity index (χ1v) is 9.40. The van der Waals surface area contributed by atoms with Crippen molar-refractivity contribution in [1.82, 2.24) is 9.97 Å². The number of amides is 1. The number of aromatic nitrogens is 2. The zero-order valence-electron chi connectivity index (χ0n) is 15.2. The molecule has 1 amide bonds. The Hall–Kier alpha value is -2.63. The summed E-state index contributed by atoms with van der Waals surface area (Å²) < 4.78 is 0. The van der Waals surface area contributed by atoms with E-state index in [1.807, 2.05) is 25.2 Å². The van der Waals surface area contributed by atoms with Gasteiger partial charge in [0.05, 0.1) is 6.20 Å². The minimum absolute atomic E-state index is 0.125. The van der Waals surface area contributed by atoms with Crippen LogP contribution in [0.3, 0.4) is 0 Å². The van der Waals surface area contributed by atoms with Gasteiger partial charge in [-0.15, -0.1) is 0 Å². The number of carbonyl (C=O) groups excluding carboxylic acids is 1. The molecule has 4 rings (SSSR count). The number of carbonyl (C=O) groups is 1. The van der Waals surface area contributed by atoms with Crippen molar-refractivity contribution in [3.63, 3.8) is 0 Å². The fourth-order valence-corrected chi connectivity index (χ4v) is 3.87. The monoisotopic (exact) mass is 351 g/mol. The molecule has 6 heteroatoms. The van der Waals surface area contributed by atoms with Gasteiger partial charge in [0.1, 0.15) is 5.69 Å². The summed E-state index contributed by atoms with van der Waals surface area (Å²) in [7, 11) is 1.82. The van der Waals surface area contributed by atoms with Gasteiger partial charge in [-0.1, -0.05) is 43.2 Å². The van der Waals surface area contributed by atoms with E-state index in [1.54, 1.807) is 11.1 Å². The topological polar surface area (TPSA) is 61.4 Å². The first-order chi connectivity index (χ1) is 12.7. The second kappa shape index (κ2) is 7.32. The molecule has 0 saturated heterocycles. The van der Waals surface area contributed by atoms with Gasteiger partial charge in [-0.25, -0.2) is 4.98 Å². The molecule has 0 radical (unpaired) electrons. The van der Waals surface area contributed by atoms with Crippen LogP contribution in [-0.4, -0.2) is 35.5 Å². The summed E-state index contributed by atoms with van der Waals surface area (Å²) in [5.41, 5.74) is 2.00.